The quantitative estimate of drug-likeness (QED) is 0.819. The van der Waals surface area contributed by atoms with E-state index in [-0.39, 0.29) is 24.2 Å². The lowest BCUT2D eigenvalue weighted by Gasteiger charge is -2.24. The molecule has 0 spiro atoms. The van der Waals surface area contributed by atoms with E-state index < -0.39 is 0 Å². The zero-order chi connectivity index (χ0) is 17.1. The van der Waals surface area contributed by atoms with Gasteiger partial charge in [-0.3, -0.25) is 9.59 Å². The van der Waals surface area contributed by atoms with Crippen molar-refractivity contribution >= 4 is 29.1 Å². The van der Waals surface area contributed by atoms with Gasteiger partial charge in [-0.25, -0.2) is 0 Å². The van der Waals surface area contributed by atoms with Crippen LogP contribution in [0.25, 0.3) is 0 Å². The largest absolute Gasteiger partial charge is 0.344 e. The number of hydrogen-bond acceptors (Lipinski definition) is 3. The standard InChI is InChI=1S/C18H24ClN3O2/c1-20(9-10-21-7-2-3-8-21)18(24)14-11-17(23)22(13-14)16-6-4-5-15(19)12-16/h4-6,12,14H,2-3,7-11,13H2,1H3. The van der Waals surface area contributed by atoms with Gasteiger partial charge < -0.3 is 14.7 Å². The molecule has 2 fully saturated rings. The van der Waals surface area contributed by atoms with Crippen LogP contribution in [0.4, 0.5) is 5.69 Å². The molecule has 2 aliphatic rings. The van der Waals surface area contributed by atoms with Crippen LogP contribution in [0.5, 0.6) is 0 Å². The molecule has 0 bridgehead atoms. The van der Waals surface area contributed by atoms with Gasteiger partial charge in [-0.15, -0.1) is 0 Å². The second-order valence-corrected chi connectivity index (χ2v) is 7.13. The molecule has 2 aliphatic heterocycles. The van der Waals surface area contributed by atoms with E-state index in [0.29, 0.717) is 11.6 Å². The molecule has 0 radical (unpaired) electrons. The Morgan fingerprint density at radius 2 is 2.08 bits per heavy atom. The summed E-state index contributed by atoms with van der Waals surface area (Å²) in [7, 11) is 1.84. The molecule has 0 aliphatic carbocycles. The first kappa shape index (κ1) is 17.2. The highest BCUT2D eigenvalue weighted by atomic mass is 35.5. The van der Waals surface area contributed by atoms with Gasteiger partial charge in [0.1, 0.15) is 0 Å². The minimum absolute atomic E-state index is 0.0106. The van der Waals surface area contributed by atoms with E-state index in [2.05, 4.69) is 4.90 Å². The van der Waals surface area contributed by atoms with Gasteiger partial charge in [-0.2, -0.15) is 0 Å². The highest BCUT2D eigenvalue weighted by Gasteiger charge is 2.36. The van der Waals surface area contributed by atoms with Gasteiger partial charge in [0.25, 0.3) is 0 Å². The minimum Gasteiger partial charge on any atom is -0.344 e. The summed E-state index contributed by atoms with van der Waals surface area (Å²) >= 11 is 6.01. The highest BCUT2D eigenvalue weighted by Crippen LogP contribution is 2.28. The molecule has 1 unspecified atom stereocenters. The summed E-state index contributed by atoms with van der Waals surface area (Å²) in [6.07, 6.45) is 2.78. The van der Waals surface area contributed by atoms with Crippen LogP contribution in [-0.4, -0.2) is 61.4 Å². The average Bonchev–Trinajstić information content (AvgIpc) is 3.21. The van der Waals surface area contributed by atoms with Gasteiger partial charge >= 0.3 is 0 Å². The summed E-state index contributed by atoms with van der Waals surface area (Å²) in [6, 6.07) is 7.22. The van der Waals surface area contributed by atoms with Gasteiger partial charge in [-0.05, 0) is 44.1 Å². The van der Waals surface area contributed by atoms with Crippen LogP contribution in [0.3, 0.4) is 0 Å². The third-order valence-corrected chi connectivity index (χ3v) is 5.16. The number of amides is 2. The van der Waals surface area contributed by atoms with Crippen LogP contribution < -0.4 is 4.90 Å². The van der Waals surface area contributed by atoms with Crippen molar-refractivity contribution in [2.24, 2.45) is 5.92 Å². The molecule has 1 atom stereocenters. The van der Waals surface area contributed by atoms with Gasteiger partial charge in [0, 0.05) is 43.8 Å². The molecule has 130 valence electrons. The maximum atomic E-state index is 12.6. The Balaban J connectivity index is 1.57. The summed E-state index contributed by atoms with van der Waals surface area (Å²) in [5.41, 5.74) is 0.766. The third kappa shape index (κ3) is 3.90. The van der Waals surface area contributed by atoms with Crippen LogP contribution in [0.15, 0.2) is 24.3 Å². The summed E-state index contributed by atoms with van der Waals surface area (Å²) in [4.78, 5) is 30.8. The monoisotopic (exact) mass is 349 g/mol. The molecule has 2 heterocycles. The predicted octanol–water partition coefficient (Wildman–Crippen LogP) is 2.25. The number of likely N-dealkylation sites (N-methyl/N-ethyl adjacent to an activating group) is 1. The number of benzene rings is 1. The second kappa shape index (κ2) is 7.53. The highest BCUT2D eigenvalue weighted by molar-refractivity contribution is 6.30. The van der Waals surface area contributed by atoms with E-state index in [4.69, 9.17) is 11.6 Å². The molecule has 2 amide bonds. The Morgan fingerprint density at radius 1 is 1.33 bits per heavy atom. The number of anilines is 1. The van der Waals surface area contributed by atoms with E-state index in [1.807, 2.05) is 19.2 Å². The zero-order valence-electron chi connectivity index (χ0n) is 14.1. The number of halogens is 1. The van der Waals surface area contributed by atoms with Crippen molar-refractivity contribution in [2.45, 2.75) is 19.3 Å². The van der Waals surface area contributed by atoms with E-state index in [9.17, 15) is 9.59 Å². The van der Waals surface area contributed by atoms with Crippen LogP contribution in [0.2, 0.25) is 5.02 Å². The Labute approximate surface area is 148 Å². The second-order valence-electron chi connectivity index (χ2n) is 6.69. The topological polar surface area (TPSA) is 43.9 Å². The van der Waals surface area contributed by atoms with E-state index in [1.54, 1.807) is 21.9 Å². The zero-order valence-corrected chi connectivity index (χ0v) is 14.8. The molecule has 1 aromatic rings. The SMILES string of the molecule is CN(CCN1CCCC1)C(=O)C1CC(=O)N(c2cccc(Cl)c2)C1. The Kier molecular flexibility index (Phi) is 5.41. The summed E-state index contributed by atoms with van der Waals surface area (Å²) in [5.74, 6) is -0.212. The van der Waals surface area contributed by atoms with E-state index in [0.717, 1.165) is 31.9 Å². The maximum absolute atomic E-state index is 12.6. The van der Waals surface area contributed by atoms with Crippen molar-refractivity contribution in [1.29, 1.82) is 0 Å². The number of likely N-dealkylation sites (tertiary alicyclic amines) is 1. The van der Waals surface area contributed by atoms with Crippen LogP contribution in [0, 0.1) is 5.92 Å². The smallest absolute Gasteiger partial charge is 0.227 e. The molecular formula is C18H24ClN3O2. The summed E-state index contributed by atoms with van der Waals surface area (Å²) in [6.45, 7) is 4.34. The van der Waals surface area contributed by atoms with Crippen molar-refractivity contribution in [1.82, 2.24) is 9.80 Å². The fourth-order valence-electron chi connectivity index (χ4n) is 3.49. The van der Waals surface area contributed by atoms with Crippen molar-refractivity contribution in [2.75, 3.05) is 44.7 Å². The van der Waals surface area contributed by atoms with Gasteiger partial charge in [0.15, 0.2) is 0 Å². The minimum atomic E-state index is -0.264. The molecule has 24 heavy (non-hydrogen) atoms. The Morgan fingerprint density at radius 3 is 2.79 bits per heavy atom. The molecular weight excluding hydrogens is 326 g/mol. The maximum Gasteiger partial charge on any atom is 0.227 e. The first-order valence-electron chi connectivity index (χ1n) is 8.58. The molecule has 5 nitrogen and oxygen atoms in total. The van der Waals surface area contributed by atoms with Gasteiger partial charge in [0.2, 0.25) is 11.8 Å². The van der Waals surface area contributed by atoms with Crippen LogP contribution >= 0.6 is 11.6 Å². The normalized spacial score (nSPS) is 21.5. The van der Waals surface area contributed by atoms with E-state index in [1.165, 1.54) is 12.8 Å². The van der Waals surface area contributed by atoms with Crippen molar-refractivity contribution in [3.8, 4) is 0 Å². The lowest BCUT2D eigenvalue weighted by atomic mass is 10.1. The first-order valence-corrected chi connectivity index (χ1v) is 8.95. The van der Waals surface area contributed by atoms with Gasteiger partial charge in [0.05, 0.1) is 5.92 Å². The molecule has 0 N–H and O–H groups in total. The molecule has 3 rings (SSSR count). The number of carbonyl (C=O) groups excluding carboxylic acids is 2. The lowest BCUT2D eigenvalue weighted by Crippen LogP contribution is -2.39. The van der Waals surface area contributed by atoms with Gasteiger partial charge in [-0.1, -0.05) is 17.7 Å². The summed E-state index contributed by atoms with van der Waals surface area (Å²) in [5, 5.41) is 0.595. The Bertz CT molecular complexity index is 616. The van der Waals surface area contributed by atoms with Crippen molar-refractivity contribution in [3.63, 3.8) is 0 Å². The van der Waals surface area contributed by atoms with Crippen molar-refractivity contribution < 1.29 is 9.59 Å². The van der Waals surface area contributed by atoms with E-state index >= 15 is 0 Å². The fraction of sp³-hybridized carbons (Fsp3) is 0.556. The number of rotatable bonds is 5. The third-order valence-electron chi connectivity index (χ3n) is 4.92. The van der Waals surface area contributed by atoms with Crippen LogP contribution in [-0.2, 0) is 9.59 Å². The average molecular weight is 350 g/mol. The molecule has 0 saturated carbocycles. The fourth-order valence-corrected chi connectivity index (χ4v) is 3.67. The number of hydrogen-bond donors (Lipinski definition) is 0. The van der Waals surface area contributed by atoms with Crippen molar-refractivity contribution in [3.05, 3.63) is 29.3 Å². The Hall–Kier alpha value is -1.59. The molecule has 2 saturated heterocycles. The molecule has 6 heteroatoms. The predicted molar refractivity (Wildman–Crippen MR) is 95.2 cm³/mol. The molecule has 0 aromatic heterocycles. The summed E-state index contributed by atoms with van der Waals surface area (Å²) < 4.78 is 0. The molecule has 1 aromatic carbocycles. The lowest BCUT2D eigenvalue weighted by molar-refractivity contribution is -0.134. The number of nitrogens with zero attached hydrogens (tertiary/aromatic N) is 3. The first-order chi connectivity index (χ1) is 11.5. The van der Waals surface area contributed by atoms with Crippen LogP contribution in [0.1, 0.15) is 19.3 Å². The number of carbonyl (C=O) groups is 2.